The van der Waals surface area contributed by atoms with Crippen LogP contribution < -0.4 is 9.80 Å². The molecule has 0 saturated carbocycles. The van der Waals surface area contributed by atoms with Crippen LogP contribution >= 0.6 is 11.6 Å². The Morgan fingerprint density at radius 2 is 1.75 bits per heavy atom. The summed E-state index contributed by atoms with van der Waals surface area (Å²) in [6.07, 6.45) is 3.48. The molecule has 0 aliphatic carbocycles. The minimum atomic E-state index is 0.771. The van der Waals surface area contributed by atoms with E-state index in [4.69, 9.17) is 11.6 Å². The first kappa shape index (κ1) is 17.0. The fourth-order valence-corrected chi connectivity index (χ4v) is 3.91. The smallest absolute Gasteiger partial charge is 0.140 e. The van der Waals surface area contributed by atoms with Gasteiger partial charge in [0.15, 0.2) is 0 Å². The van der Waals surface area contributed by atoms with Gasteiger partial charge in [-0.05, 0) is 36.4 Å². The molecule has 7 heteroatoms. The maximum Gasteiger partial charge on any atom is 0.140 e. The van der Waals surface area contributed by atoms with Crippen LogP contribution in [0.2, 0.25) is 5.02 Å². The lowest BCUT2D eigenvalue weighted by atomic mass is 10.1. The normalized spacial score (nSPS) is 14.6. The largest absolute Gasteiger partial charge is 0.368 e. The predicted octanol–water partition coefficient (Wildman–Crippen LogP) is 4.00. The Hall–Kier alpha value is -3.12. The molecule has 3 heterocycles. The highest BCUT2D eigenvalue weighted by atomic mass is 35.5. The number of aromatic nitrogens is 4. The molecule has 28 heavy (non-hydrogen) atoms. The van der Waals surface area contributed by atoms with Gasteiger partial charge >= 0.3 is 0 Å². The van der Waals surface area contributed by atoms with Crippen molar-refractivity contribution in [2.75, 3.05) is 36.0 Å². The first-order valence-corrected chi connectivity index (χ1v) is 9.66. The maximum absolute atomic E-state index is 6.15. The highest BCUT2D eigenvalue weighted by Crippen LogP contribution is 2.29. The minimum absolute atomic E-state index is 0.771. The van der Waals surface area contributed by atoms with Gasteiger partial charge in [-0.3, -0.25) is 5.10 Å². The third-order valence-electron chi connectivity index (χ3n) is 5.16. The third kappa shape index (κ3) is 3.16. The average Bonchev–Trinajstić information content (AvgIpc) is 3.28. The first-order chi connectivity index (χ1) is 13.8. The molecule has 0 unspecified atom stereocenters. The second kappa shape index (κ2) is 7.13. The van der Waals surface area contributed by atoms with Gasteiger partial charge in [0.25, 0.3) is 0 Å². The van der Waals surface area contributed by atoms with E-state index < -0.39 is 0 Å². The topological polar surface area (TPSA) is 60.9 Å². The standard InChI is InChI=1S/C21H19ClN6/c22-16-2-1-3-17(13-16)27-8-10-28(11-9-27)21-18-12-15(19-6-7-25-26-19)4-5-20(18)23-14-24-21/h1-7,12-14H,8-11H2,(H,25,26). The minimum Gasteiger partial charge on any atom is -0.368 e. The molecule has 5 rings (SSSR count). The predicted molar refractivity (Wildman–Crippen MR) is 113 cm³/mol. The molecule has 1 saturated heterocycles. The Morgan fingerprint density at radius 1 is 0.893 bits per heavy atom. The van der Waals surface area contributed by atoms with Crippen LogP contribution in [-0.4, -0.2) is 46.3 Å². The summed E-state index contributed by atoms with van der Waals surface area (Å²) in [6.45, 7) is 3.63. The SMILES string of the molecule is Clc1cccc(N2CCN(c3ncnc4ccc(-c5cc[nH]n5)cc34)CC2)c1. The van der Waals surface area contributed by atoms with E-state index >= 15 is 0 Å². The van der Waals surface area contributed by atoms with Gasteiger partial charge in [-0.1, -0.05) is 23.7 Å². The highest BCUT2D eigenvalue weighted by molar-refractivity contribution is 6.30. The third-order valence-corrected chi connectivity index (χ3v) is 5.40. The van der Waals surface area contributed by atoms with Gasteiger partial charge in [-0.25, -0.2) is 9.97 Å². The molecule has 4 aromatic rings. The summed E-state index contributed by atoms with van der Waals surface area (Å²) in [4.78, 5) is 13.7. The Labute approximate surface area is 167 Å². The number of aromatic amines is 1. The molecule has 1 aliphatic rings. The lowest BCUT2D eigenvalue weighted by Gasteiger charge is -2.37. The van der Waals surface area contributed by atoms with Crippen LogP contribution in [-0.2, 0) is 0 Å². The number of anilines is 2. The fourth-order valence-electron chi connectivity index (χ4n) is 3.72. The number of hydrogen-bond acceptors (Lipinski definition) is 5. The van der Waals surface area contributed by atoms with Crippen LogP contribution in [0.3, 0.4) is 0 Å². The van der Waals surface area contributed by atoms with Gasteiger partial charge in [0.05, 0.1) is 11.2 Å². The van der Waals surface area contributed by atoms with Crippen molar-refractivity contribution < 1.29 is 0 Å². The van der Waals surface area contributed by atoms with Gasteiger partial charge in [-0.15, -0.1) is 0 Å². The van der Waals surface area contributed by atoms with Crippen molar-refractivity contribution in [3.05, 3.63) is 66.1 Å². The number of piperazine rings is 1. The van der Waals surface area contributed by atoms with E-state index in [9.17, 15) is 0 Å². The van der Waals surface area contributed by atoms with E-state index in [0.29, 0.717) is 0 Å². The van der Waals surface area contributed by atoms with Crippen molar-refractivity contribution in [3.63, 3.8) is 0 Å². The zero-order chi connectivity index (χ0) is 18.9. The van der Waals surface area contributed by atoms with Crippen LogP contribution in [0.4, 0.5) is 11.5 Å². The Balaban J connectivity index is 1.43. The van der Waals surface area contributed by atoms with Gasteiger partial charge in [0.2, 0.25) is 0 Å². The number of hydrogen-bond donors (Lipinski definition) is 1. The molecule has 0 atom stereocenters. The first-order valence-electron chi connectivity index (χ1n) is 9.28. The van der Waals surface area contributed by atoms with E-state index in [1.54, 1.807) is 6.33 Å². The van der Waals surface area contributed by atoms with Crippen molar-refractivity contribution in [2.24, 2.45) is 0 Å². The quantitative estimate of drug-likeness (QED) is 0.573. The average molecular weight is 391 g/mol. The molecule has 1 aliphatic heterocycles. The molecular weight excluding hydrogens is 372 g/mol. The van der Waals surface area contributed by atoms with Crippen LogP contribution in [0, 0.1) is 0 Å². The molecular formula is C21H19ClN6. The summed E-state index contributed by atoms with van der Waals surface area (Å²) in [5, 5.41) is 8.99. The van der Waals surface area contributed by atoms with Crippen molar-refractivity contribution in [1.29, 1.82) is 0 Å². The highest BCUT2D eigenvalue weighted by Gasteiger charge is 2.20. The van der Waals surface area contributed by atoms with E-state index in [1.165, 1.54) is 5.69 Å². The second-order valence-electron chi connectivity index (χ2n) is 6.84. The van der Waals surface area contributed by atoms with E-state index in [-0.39, 0.29) is 0 Å². The summed E-state index contributed by atoms with van der Waals surface area (Å²) in [5.74, 6) is 0.980. The molecule has 2 aromatic heterocycles. The van der Waals surface area contributed by atoms with E-state index in [0.717, 1.165) is 59.2 Å². The van der Waals surface area contributed by atoms with Gasteiger partial charge < -0.3 is 9.80 Å². The molecule has 0 amide bonds. The zero-order valence-electron chi connectivity index (χ0n) is 15.2. The van der Waals surface area contributed by atoms with Crippen molar-refractivity contribution in [3.8, 4) is 11.3 Å². The lowest BCUT2D eigenvalue weighted by Crippen LogP contribution is -2.46. The molecule has 140 valence electrons. The molecule has 2 aromatic carbocycles. The molecule has 0 bridgehead atoms. The monoisotopic (exact) mass is 390 g/mol. The molecule has 0 spiro atoms. The lowest BCUT2D eigenvalue weighted by molar-refractivity contribution is 0.649. The summed E-state index contributed by atoms with van der Waals surface area (Å²) >= 11 is 6.15. The Bertz CT molecular complexity index is 1100. The molecule has 6 nitrogen and oxygen atoms in total. The van der Waals surface area contributed by atoms with Crippen LogP contribution in [0.5, 0.6) is 0 Å². The molecule has 1 fully saturated rings. The Kier molecular flexibility index (Phi) is 4.33. The number of halogens is 1. The van der Waals surface area contributed by atoms with Gasteiger partial charge in [0, 0.05) is 54.0 Å². The van der Waals surface area contributed by atoms with Crippen LogP contribution in [0.25, 0.3) is 22.2 Å². The summed E-state index contributed by atoms with van der Waals surface area (Å²) in [7, 11) is 0. The van der Waals surface area contributed by atoms with Crippen molar-refractivity contribution in [2.45, 2.75) is 0 Å². The van der Waals surface area contributed by atoms with Gasteiger partial charge in [0.1, 0.15) is 12.1 Å². The summed E-state index contributed by atoms with van der Waals surface area (Å²) in [5.41, 5.74) is 4.09. The zero-order valence-corrected chi connectivity index (χ0v) is 16.0. The van der Waals surface area contributed by atoms with Gasteiger partial charge in [-0.2, -0.15) is 5.10 Å². The second-order valence-corrected chi connectivity index (χ2v) is 7.28. The molecule has 1 N–H and O–H groups in total. The number of fused-ring (bicyclic) bond motifs is 1. The number of nitrogens with zero attached hydrogens (tertiary/aromatic N) is 5. The Morgan fingerprint density at radius 3 is 2.54 bits per heavy atom. The summed E-state index contributed by atoms with van der Waals surface area (Å²) in [6, 6.07) is 16.2. The van der Waals surface area contributed by atoms with E-state index in [1.807, 2.05) is 42.6 Å². The number of benzene rings is 2. The summed E-state index contributed by atoms with van der Waals surface area (Å²) < 4.78 is 0. The number of rotatable bonds is 3. The van der Waals surface area contributed by atoms with Crippen LogP contribution in [0.1, 0.15) is 0 Å². The molecule has 0 radical (unpaired) electrons. The number of nitrogens with one attached hydrogen (secondary N) is 1. The van der Waals surface area contributed by atoms with Crippen LogP contribution in [0.15, 0.2) is 61.1 Å². The maximum atomic E-state index is 6.15. The van der Waals surface area contributed by atoms with E-state index in [2.05, 4.69) is 42.1 Å². The van der Waals surface area contributed by atoms with Crippen molar-refractivity contribution >= 4 is 34.0 Å². The van der Waals surface area contributed by atoms with Crippen molar-refractivity contribution in [1.82, 2.24) is 20.2 Å². The number of H-pyrrole nitrogens is 1. The fraction of sp³-hybridized carbons (Fsp3) is 0.190.